The zero-order valence-corrected chi connectivity index (χ0v) is 11.5. The van der Waals surface area contributed by atoms with Gasteiger partial charge in [0, 0.05) is 12.6 Å². The van der Waals surface area contributed by atoms with Crippen molar-refractivity contribution >= 4 is 21.9 Å². The molecular weight excluding hydrogens is 320 g/mol. The Labute approximate surface area is 117 Å². The van der Waals surface area contributed by atoms with E-state index in [1.54, 1.807) is 0 Å². The van der Waals surface area contributed by atoms with Gasteiger partial charge in [0.25, 0.3) is 0 Å². The van der Waals surface area contributed by atoms with Crippen molar-refractivity contribution in [2.45, 2.75) is 6.92 Å². The van der Waals surface area contributed by atoms with Gasteiger partial charge in [-0.1, -0.05) is 0 Å². The Morgan fingerprint density at radius 3 is 2.84 bits per heavy atom. The summed E-state index contributed by atoms with van der Waals surface area (Å²) in [4.78, 5) is 8.07. The summed E-state index contributed by atoms with van der Waals surface area (Å²) in [6.45, 7) is 2.54. The van der Waals surface area contributed by atoms with E-state index >= 15 is 0 Å². The maximum absolute atomic E-state index is 13.5. The van der Waals surface area contributed by atoms with Crippen molar-refractivity contribution in [1.82, 2.24) is 9.97 Å². The molecule has 0 saturated carbocycles. The van der Waals surface area contributed by atoms with Crippen LogP contribution >= 0.6 is 15.9 Å². The molecule has 4 nitrogen and oxygen atoms in total. The van der Waals surface area contributed by atoms with Crippen LogP contribution in [0.25, 0.3) is 0 Å². The molecule has 0 spiro atoms. The van der Waals surface area contributed by atoms with Crippen molar-refractivity contribution in [3.05, 3.63) is 40.5 Å². The Morgan fingerprint density at radius 1 is 1.37 bits per heavy atom. The highest BCUT2D eigenvalue weighted by atomic mass is 79.9. The van der Waals surface area contributed by atoms with E-state index in [9.17, 15) is 8.78 Å². The van der Waals surface area contributed by atoms with E-state index in [1.807, 2.05) is 6.92 Å². The van der Waals surface area contributed by atoms with Crippen LogP contribution in [0.2, 0.25) is 0 Å². The maximum Gasteiger partial charge on any atom is 0.238 e. The van der Waals surface area contributed by atoms with Gasteiger partial charge in [0.15, 0.2) is 11.6 Å². The van der Waals surface area contributed by atoms with Gasteiger partial charge in [-0.15, -0.1) is 0 Å². The van der Waals surface area contributed by atoms with E-state index in [1.165, 1.54) is 12.3 Å². The van der Waals surface area contributed by atoms with Crippen LogP contribution in [0.1, 0.15) is 6.92 Å². The first-order chi connectivity index (χ1) is 9.10. The number of halogens is 3. The average molecular weight is 330 g/mol. The quantitative estimate of drug-likeness (QED) is 0.928. The highest BCUT2D eigenvalue weighted by Crippen LogP contribution is 2.29. The van der Waals surface area contributed by atoms with Gasteiger partial charge in [0.2, 0.25) is 11.8 Å². The van der Waals surface area contributed by atoms with Gasteiger partial charge in [-0.25, -0.2) is 13.8 Å². The van der Waals surface area contributed by atoms with Gasteiger partial charge in [-0.05, 0) is 35.0 Å². The molecule has 0 unspecified atom stereocenters. The predicted octanol–water partition coefficient (Wildman–Crippen LogP) is 3.74. The summed E-state index contributed by atoms with van der Waals surface area (Å²) in [7, 11) is 0. The third-order valence-electron chi connectivity index (χ3n) is 2.15. The molecule has 7 heteroatoms. The summed E-state index contributed by atoms with van der Waals surface area (Å²) < 4.78 is 32.0. The molecule has 0 bridgehead atoms. The molecule has 1 heterocycles. The van der Waals surface area contributed by atoms with Gasteiger partial charge < -0.3 is 10.1 Å². The molecule has 2 rings (SSSR count). The fourth-order valence-electron chi connectivity index (χ4n) is 1.33. The molecule has 1 aromatic carbocycles. The number of nitrogens with one attached hydrogen (secondary N) is 1. The third-order valence-corrected chi connectivity index (χ3v) is 2.69. The monoisotopic (exact) mass is 329 g/mol. The number of ether oxygens (including phenoxy) is 1. The largest absolute Gasteiger partial charge is 0.435 e. The van der Waals surface area contributed by atoms with Crippen LogP contribution in [0, 0.1) is 11.6 Å². The average Bonchev–Trinajstić information content (AvgIpc) is 2.37. The predicted molar refractivity (Wildman–Crippen MR) is 70.3 cm³/mol. The standard InChI is InChI=1S/C12H10BrF2N3O/c1-2-16-12-17-6-8(13)11(18-12)19-10-4-3-7(14)5-9(10)15/h3-6H,2H2,1H3,(H,16,17,18). The summed E-state index contributed by atoms with van der Waals surface area (Å²) in [6.07, 6.45) is 1.49. The minimum Gasteiger partial charge on any atom is -0.435 e. The van der Waals surface area contributed by atoms with Crippen LogP contribution in [0.3, 0.4) is 0 Å². The van der Waals surface area contributed by atoms with Crippen LogP contribution in [-0.4, -0.2) is 16.5 Å². The number of nitrogens with zero attached hydrogens (tertiary/aromatic N) is 2. The van der Waals surface area contributed by atoms with Crippen molar-refractivity contribution < 1.29 is 13.5 Å². The molecule has 1 N–H and O–H groups in total. The SMILES string of the molecule is CCNc1ncc(Br)c(Oc2ccc(F)cc2F)n1. The fraction of sp³-hybridized carbons (Fsp3) is 0.167. The van der Waals surface area contributed by atoms with Crippen LogP contribution in [0.4, 0.5) is 14.7 Å². The third kappa shape index (κ3) is 3.37. The van der Waals surface area contributed by atoms with Gasteiger partial charge in [-0.3, -0.25) is 0 Å². The zero-order valence-electron chi connectivity index (χ0n) is 9.95. The Hall–Kier alpha value is -1.76. The molecule has 2 aromatic rings. The molecule has 0 aliphatic heterocycles. The molecule has 0 saturated heterocycles. The fourth-order valence-corrected chi connectivity index (χ4v) is 1.60. The topological polar surface area (TPSA) is 47.0 Å². The Balaban J connectivity index is 2.29. The Kier molecular flexibility index (Phi) is 4.26. The van der Waals surface area contributed by atoms with E-state index in [2.05, 4.69) is 31.2 Å². The lowest BCUT2D eigenvalue weighted by atomic mass is 10.3. The summed E-state index contributed by atoms with van der Waals surface area (Å²) in [5.41, 5.74) is 0. The molecule has 0 aliphatic rings. The Bertz CT molecular complexity index is 595. The van der Waals surface area contributed by atoms with Crippen molar-refractivity contribution in [3.8, 4) is 11.6 Å². The molecule has 0 fully saturated rings. The van der Waals surface area contributed by atoms with Gasteiger partial charge in [0.1, 0.15) is 5.82 Å². The summed E-state index contributed by atoms with van der Waals surface area (Å²) in [5.74, 6) is -1.06. The lowest BCUT2D eigenvalue weighted by Gasteiger charge is -2.09. The number of anilines is 1. The number of hydrogen-bond acceptors (Lipinski definition) is 4. The van der Waals surface area contributed by atoms with E-state index < -0.39 is 11.6 Å². The first-order valence-corrected chi connectivity index (χ1v) is 6.28. The van der Waals surface area contributed by atoms with Crippen molar-refractivity contribution in [2.75, 3.05) is 11.9 Å². The number of benzene rings is 1. The lowest BCUT2D eigenvalue weighted by Crippen LogP contribution is -2.03. The molecule has 100 valence electrons. The smallest absolute Gasteiger partial charge is 0.238 e. The van der Waals surface area contributed by atoms with E-state index in [4.69, 9.17) is 4.74 Å². The van der Waals surface area contributed by atoms with Crippen LogP contribution in [0.5, 0.6) is 11.6 Å². The van der Waals surface area contributed by atoms with E-state index in [0.29, 0.717) is 17.0 Å². The van der Waals surface area contributed by atoms with Crippen molar-refractivity contribution in [2.24, 2.45) is 0 Å². The highest BCUT2D eigenvalue weighted by Gasteiger charge is 2.11. The first kappa shape index (κ1) is 13.7. The molecule has 0 aliphatic carbocycles. The minimum atomic E-state index is -0.796. The van der Waals surface area contributed by atoms with Gasteiger partial charge >= 0.3 is 0 Å². The summed E-state index contributed by atoms with van der Waals surface area (Å²) >= 11 is 3.20. The van der Waals surface area contributed by atoms with Gasteiger partial charge in [0.05, 0.1) is 10.7 Å². The second-order valence-electron chi connectivity index (χ2n) is 3.55. The lowest BCUT2D eigenvalue weighted by molar-refractivity contribution is 0.421. The second-order valence-corrected chi connectivity index (χ2v) is 4.41. The molecule has 19 heavy (non-hydrogen) atoms. The molecule has 0 radical (unpaired) electrons. The second kappa shape index (κ2) is 5.92. The first-order valence-electron chi connectivity index (χ1n) is 5.49. The van der Waals surface area contributed by atoms with E-state index in [-0.39, 0.29) is 11.6 Å². The van der Waals surface area contributed by atoms with E-state index in [0.717, 1.165) is 12.1 Å². The summed E-state index contributed by atoms with van der Waals surface area (Å²) in [6, 6.07) is 3.06. The van der Waals surface area contributed by atoms with Crippen molar-refractivity contribution in [1.29, 1.82) is 0 Å². The summed E-state index contributed by atoms with van der Waals surface area (Å²) in [5, 5.41) is 2.91. The minimum absolute atomic E-state index is 0.108. The highest BCUT2D eigenvalue weighted by molar-refractivity contribution is 9.10. The van der Waals surface area contributed by atoms with Crippen molar-refractivity contribution in [3.63, 3.8) is 0 Å². The van der Waals surface area contributed by atoms with Gasteiger partial charge in [-0.2, -0.15) is 4.98 Å². The zero-order chi connectivity index (χ0) is 13.8. The number of hydrogen-bond donors (Lipinski definition) is 1. The van der Waals surface area contributed by atoms with Crippen LogP contribution in [-0.2, 0) is 0 Å². The van der Waals surface area contributed by atoms with Crippen LogP contribution < -0.4 is 10.1 Å². The molecular formula is C12H10BrF2N3O. The Morgan fingerprint density at radius 2 is 2.16 bits per heavy atom. The number of aromatic nitrogens is 2. The molecule has 0 amide bonds. The molecule has 1 aromatic heterocycles. The number of rotatable bonds is 4. The van der Waals surface area contributed by atoms with Crippen LogP contribution in [0.15, 0.2) is 28.9 Å². The normalized spacial score (nSPS) is 10.3. The maximum atomic E-state index is 13.5. The molecule has 0 atom stereocenters.